The summed E-state index contributed by atoms with van der Waals surface area (Å²) in [6.45, 7) is 0.534. The molecule has 0 radical (unpaired) electrons. The van der Waals surface area contributed by atoms with Gasteiger partial charge in [0.15, 0.2) is 5.17 Å². The standard InChI is InChI=1S/C14H10F6N2OS/c15-13(16,17)9-5-8(6-10(7-9)14(18,19)20)1-2-11(23)22-12-21-3-4-24-12/h1-2,5-7H,3-4H2,(H,21,22,23). The van der Waals surface area contributed by atoms with E-state index < -0.39 is 29.4 Å². The summed E-state index contributed by atoms with van der Waals surface area (Å²) in [6.07, 6.45) is -8.11. The molecule has 1 aliphatic rings. The Kier molecular flexibility index (Phi) is 5.26. The third kappa shape index (κ3) is 5.02. The number of halogens is 6. The van der Waals surface area contributed by atoms with E-state index in [1.807, 2.05) is 0 Å². The van der Waals surface area contributed by atoms with Crippen LogP contribution in [0.15, 0.2) is 29.3 Å². The molecule has 10 heteroatoms. The van der Waals surface area contributed by atoms with Crippen LogP contribution in [-0.4, -0.2) is 23.4 Å². The molecule has 0 aliphatic carbocycles. The minimum absolute atomic E-state index is 0.0291. The monoisotopic (exact) mass is 368 g/mol. The van der Waals surface area contributed by atoms with Crippen molar-refractivity contribution in [1.29, 1.82) is 0 Å². The van der Waals surface area contributed by atoms with E-state index in [1.165, 1.54) is 11.8 Å². The molecule has 1 amide bonds. The first kappa shape index (κ1) is 18.4. The number of rotatable bonds is 2. The fourth-order valence-corrected chi connectivity index (χ4v) is 2.54. The Morgan fingerprint density at radius 2 is 1.67 bits per heavy atom. The molecule has 0 bridgehead atoms. The molecule has 1 aromatic carbocycles. The van der Waals surface area contributed by atoms with Crippen LogP contribution in [-0.2, 0) is 17.1 Å². The summed E-state index contributed by atoms with van der Waals surface area (Å²) in [6, 6.07) is 1.11. The lowest BCUT2D eigenvalue weighted by molar-refractivity contribution is -0.143. The Bertz CT molecular complexity index is 661. The van der Waals surface area contributed by atoms with Crippen molar-refractivity contribution in [1.82, 2.24) is 5.32 Å². The normalized spacial score (nSPS) is 15.7. The van der Waals surface area contributed by atoms with E-state index in [2.05, 4.69) is 10.3 Å². The molecule has 1 aliphatic heterocycles. The van der Waals surface area contributed by atoms with Crippen molar-refractivity contribution in [3.63, 3.8) is 0 Å². The number of amidine groups is 1. The highest BCUT2D eigenvalue weighted by atomic mass is 32.2. The number of hydrogen-bond donors (Lipinski definition) is 1. The number of nitrogens with zero attached hydrogens (tertiary/aromatic N) is 1. The van der Waals surface area contributed by atoms with Crippen LogP contribution >= 0.6 is 11.8 Å². The molecule has 1 heterocycles. The quantitative estimate of drug-likeness (QED) is 0.634. The van der Waals surface area contributed by atoms with Gasteiger partial charge >= 0.3 is 12.4 Å². The fourth-order valence-electron chi connectivity index (χ4n) is 1.80. The van der Waals surface area contributed by atoms with Crippen LogP contribution < -0.4 is 5.32 Å². The lowest BCUT2D eigenvalue weighted by Gasteiger charge is -2.12. The van der Waals surface area contributed by atoms with E-state index in [0.29, 0.717) is 29.6 Å². The summed E-state index contributed by atoms with van der Waals surface area (Å²) < 4.78 is 76.3. The predicted octanol–water partition coefficient (Wildman–Crippen LogP) is 3.96. The Labute approximate surface area is 136 Å². The maximum Gasteiger partial charge on any atom is 0.416 e. The summed E-state index contributed by atoms with van der Waals surface area (Å²) in [5.41, 5.74) is -3.26. The number of hydrogen-bond acceptors (Lipinski definition) is 3. The second kappa shape index (κ2) is 6.88. The summed E-state index contributed by atoms with van der Waals surface area (Å²) >= 11 is 1.29. The van der Waals surface area contributed by atoms with Crippen LogP contribution in [0.25, 0.3) is 6.08 Å². The highest BCUT2D eigenvalue weighted by Gasteiger charge is 2.36. The van der Waals surface area contributed by atoms with E-state index >= 15 is 0 Å². The number of nitrogens with one attached hydrogen (secondary N) is 1. The van der Waals surface area contributed by atoms with Crippen LogP contribution in [0.4, 0.5) is 26.3 Å². The maximum atomic E-state index is 12.7. The van der Waals surface area contributed by atoms with Gasteiger partial charge in [0.25, 0.3) is 0 Å². The number of thioether (sulfide) groups is 1. The van der Waals surface area contributed by atoms with Crippen molar-refractivity contribution < 1.29 is 31.1 Å². The second-order valence-corrected chi connectivity index (χ2v) is 5.78. The van der Waals surface area contributed by atoms with Gasteiger partial charge in [-0.25, -0.2) is 0 Å². The van der Waals surface area contributed by atoms with Gasteiger partial charge in [-0.3, -0.25) is 9.79 Å². The summed E-state index contributed by atoms with van der Waals surface area (Å²) in [5.74, 6) is 0.0103. The van der Waals surface area contributed by atoms with E-state index in [1.54, 1.807) is 0 Å². The first-order valence-corrected chi connectivity index (χ1v) is 7.50. The molecule has 0 atom stereocenters. The number of amides is 1. The SMILES string of the molecule is O=C(C=Cc1cc(C(F)(F)F)cc(C(F)(F)F)c1)NC1=NCCS1. The third-order valence-corrected chi connectivity index (χ3v) is 3.74. The highest BCUT2D eigenvalue weighted by molar-refractivity contribution is 8.14. The minimum atomic E-state index is -4.93. The Hall–Kier alpha value is -1.97. The number of aliphatic imine (C=N–C) groups is 1. The lowest BCUT2D eigenvalue weighted by Crippen LogP contribution is -2.25. The van der Waals surface area contributed by atoms with Gasteiger partial charge in [-0.05, 0) is 29.8 Å². The molecule has 1 aromatic rings. The van der Waals surface area contributed by atoms with Crippen LogP contribution in [0, 0.1) is 0 Å². The van der Waals surface area contributed by atoms with Gasteiger partial charge in [0.1, 0.15) is 0 Å². The molecular formula is C14H10F6N2OS. The van der Waals surface area contributed by atoms with E-state index in [9.17, 15) is 31.1 Å². The molecule has 3 nitrogen and oxygen atoms in total. The zero-order valence-corrected chi connectivity index (χ0v) is 12.6. The van der Waals surface area contributed by atoms with Gasteiger partial charge in [-0.1, -0.05) is 11.8 Å². The topological polar surface area (TPSA) is 41.5 Å². The maximum absolute atomic E-state index is 12.7. The molecule has 130 valence electrons. The zero-order valence-electron chi connectivity index (χ0n) is 11.8. The molecule has 24 heavy (non-hydrogen) atoms. The first-order valence-electron chi connectivity index (χ1n) is 6.51. The van der Waals surface area contributed by atoms with Crippen LogP contribution in [0.5, 0.6) is 0 Å². The zero-order chi connectivity index (χ0) is 18.0. The summed E-state index contributed by atoms with van der Waals surface area (Å²) in [5, 5.41) is 2.75. The van der Waals surface area contributed by atoms with Gasteiger partial charge in [0.05, 0.1) is 17.7 Å². The van der Waals surface area contributed by atoms with Crippen LogP contribution in [0.1, 0.15) is 16.7 Å². The minimum Gasteiger partial charge on any atom is -0.302 e. The average molecular weight is 368 g/mol. The number of alkyl halides is 6. The number of carbonyl (C=O) groups excluding carboxylic acids is 1. The number of benzene rings is 1. The average Bonchev–Trinajstić information content (AvgIpc) is 2.96. The van der Waals surface area contributed by atoms with E-state index in [-0.39, 0.29) is 11.6 Å². The van der Waals surface area contributed by atoms with Crippen molar-refractivity contribution in [3.05, 3.63) is 41.0 Å². The van der Waals surface area contributed by atoms with Crippen molar-refractivity contribution >= 4 is 28.9 Å². The van der Waals surface area contributed by atoms with Crippen molar-refractivity contribution in [2.75, 3.05) is 12.3 Å². The Balaban J connectivity index is 2.25. The second-order valence-electron chi connectivity index (χ2n) is 4.70. The van der Waals surface area contributed by atoms with E-state index in [0.717, 1.165) is 12.2 Å². The molecule has 0 saturated heterocycles. The van der Waals surface area contributed by atoms with Crippen LogP contribution in [0.3, 0.4) is 0 Å². The molecule has 1 N–H and O–H groups in total. The predicted molar refractivity (Wildman–Crippen MR) is 78.4 cm³/mol. The molecular weight excluding hydrogens is 358 g/mol. The van der Waals surface area contributed by atoms with Gasteiger partial charge in [-0.15, -0.1) is 0 Å². The highest BCUT2D eigenvalue weighted by Crippen LogP contribution is 2.36. The summed E-state index contributed by atoms with van der Waals surface area (Å²) in [4.78, 5) is 15.5. The largest absolute Gasteiger partial charge is 0.416 e. The fraction of sp³-hybridized carbons (Fsp3) is 0.286. The molecule has 0 aromatic heterocycles. The van der Waals surface area contributed by atoms with Gasteiger partial charge in [-0.2, -0.15) is 26.3 Å². The van der Waals surface area contributed by atoms with Gasteiger partial charge < -0.3 is 5.32 Å². The Morgan fingerprint density at radius 1 is 1.08 bits per heavy atom. The molecule has 0 unspecified atom stereocenters. The lowest BCUT2D eigenvalue weighted by atomic mass is 10.0. The molecule has 0 spiro atoms. The van der Waals surface area contributed by atoms with Crippen molar-refractivity contribution in [2.45, 2.75) is 12.4 Å². The Morgan fingerprint density at radius 3 is 2.12 bits per heavy atom. The number of carbonyl (C=O) groups is 1. The molecule has 2 rings (SSSR count). The molecule has 0 saturated carbocycles. The van der Waals surface area contributed by atoms with Crippen molar-refractivity contribution in [2.24, 2.45) is 4.99 Å². The van der Waals surface area contributed by atoms with Gasteiger partial charge in [0.2, 0.25) is 5.91 Å². The van der Waals surface area contributed by atoms with Crippen molar-refractivity contribution in [3.8, 4) is 0 Å². The van der Waals surface area contributed by atoms with Gasteiger partial charge in [0, 0.05) is 11.8 Å². The first-order chi connectivity index (χ1) is 11.1. The van der Waals surface area contributed by atoms with E-state index in [4.69, 9.17) is 0 Å². The smallest absolute Gasteiger partial charge is 0.302 e. The molecule has 0 fully saturated rings. The van der Waals surface area contributed by atoms with Crippen LogP contribution in [0.2, 0.25) is 0 Å². The summed E-state index contributed by atoms with van der Waals surface area (Å²) in [7, 11) is 0. The third-order valence-electron chi connectivity index (χ3n) is 2.85.